The van der Waals surface area contributed by atoms with E-state index in [1.165, 1.54) is 11.3 Å². The van der Waals surface area contributed by atoms with Crippen molar-refractivity contribution in [3.05, 3.63) is 29.8 Å². The zero-order valence-electron chi connectivity index (χ0n) is 12.2. The predicted molar refractivity (Wildman–Crippen MR) is 84.1 cm³/mol. The molecule has 2 heterocycles. The second kappa shape index (κ2) is 6.19. The molecule has 3 rings (SSSR count). The average molecular weight is 283 g/mol. The number of benzene rings is 1. The van der Waals surface area contributed by atoms with Crippen LogP contribution in [0.15, 0.2) is 24.3 Å². The Morgan fingerprint density at radius 3 is 2.81 bits per heavy atom. The SMILES string of the molecule is C#CCN1CCN(C(=O)CC2CNc3ccccc32)CC1. The Balaban J connectivity index is 1.55. The lowest BCUT2D eigenvalue weighted by Gasteiger charge is -2.34. The lowest BCUT2D eigenvalue weighted by molar-refractivity contribution is -0.133. The third-order valence-corrected chi connectivity index (χ3v) is 4.40. The summed E-state index contributed by atoms with van der Waals surface area (Å²) in [4.78, 5) is 16.7. The number of hydrogen-bond acceptors (Lipinski definition) is 3. The van der Waals surface area contributed by atoms with Crippen LogP contribution in [-0.2, 0) is 4.79 Å². The van der Waals surface area contributed by atoms with E-state index in [4.69, 9.17) is 6.42 Å². The van der Waals surface area contributed by atoms with E-state index < -0.39 is 0 Å². The summed E-state index contributed by atoms with van der Waals surface area (Å²) in [6, 6.07) is 8.28. The van der Waals surface area contributed by atoms with E-state index in [1.54, 1.807) is 0 Å². The number of piperazine rings is 1. The van der Waals surface area contributed by atoms with Gasteiger partial charge in [-0.3, -0.25) is 9.69 Å². The third kappa shape index (κ3) is 3.03. The van der Waals surface area contributed by atoms with Gasteiger partial charge in [0, 0.05) is 50.7 Å². The maximum atomic E-state index is 12.5. The van der Waals surface area contributed by atoms with Crippen molar-refractivity contribution >= 4 is 11.6 Å². The van der Waals surface area contributed by atoms with E-state index in [0.717, 1.165) is 32.7 Å². The summed E-state index contributed by atoms with van der Waals surface area (Å²) < 4.78 is 0. The van der Waals surface area contributed by atoms with Gasteiger partial charge in [-0.15, -0.1) is 6.42 Å². The van der Waals surface area contributed by atoms with Gasteiger partial charge in [-0.25, -0.2) is 0 Å². The van der Waals surface area contributed by atoms with Gasteiger partial charge in [0.05, 0.1) is 6.54 Å². The Morgan fingerprint density at radius 2 is 2.05 bits per heavy atom. The van der Waals surface area contributed by atoms with Gasteiger partial charge < -0.3 is 10.2 Å². The van der Waals surface area contributed by atoms with E-state index in [1.807, 2.05) is 17.0 Å². The fraction of sp³-hybridized carbons (Fsp3) is 0.471. The van der Waals surface area contributed by atoms with Crippen LogP contribution in [0.25, 0.3) is 0 Å². The zero-order valence-corrected chi connectivity index (χ0v) is 12.2. The Labute approximate surface area is 126 Å². The molecule has 0 aliphatic carbocycles. The summed E-state index contributed by atoms with van der Waals surface area (Å²) in [6.45, 7) is 4.90. The molecule has 1 aromatic rings. The molecule has 0 spiro atoms. The third-order valence-electron chi connectivity index (χ3n) is 4.40. The van der Waals surface area contributed by atoms with Gasteiger partial charge in [-0.05, 0) is 11.6 Å². The number of amides is 1. The Morgan fingerprint density at radius 1 is 1.29 bits per heavy atom. The normalized spacial score (nSPS) is 21.5. The predicted octanol–water partition coefficient (Wildman–Crippen LogP) is 1.36. The molecule has 1 fully saturated rings. The number of nitrogens with zero attached hydrogens (tertiary/aromatic N) is 2. The summed E-state index contributed by atoms with van der Waals surface area (Å²) in [6.07, 6.45) is 5.93. The number of terminal acetylenes is 1. The van der Waals surface area contributed by atoms with Crippen LogP contribution < -0.4 is 5.32 Å². The summed E-state index contributed by atoms with van der Waals surface area (Å²) in [5.41, 5.74) is 2.45. The van der Waals surface area contributed by atoms with Crippen LogP contribution in [0.2, 0.25) is 0 Å². The minimum Gasteiger partial charge on any atom is -0.384 e. The topological polar surface area (TPSA) is 35.6 Å². The lowest BCUT2D eigenvalue weighted by Crippen LogP contribution is -2.48. The van der Waals surface area contributed by atoms with Gasteiger partial charge in [0.1, 0.15) is 0 Å². The molecule has 0 radical (unpaired) electrons. The molecule has 2 aliphatic heterocycles. The van der Waals surface area contributed by atoms with Crippen LogP contribution in [0.3, 0.4) is 0 Å². The van der Waals surface area contributed by atoms with Gasteiger partial charge in [0.25, 0.3) is 0 Å². The number of para-hydroxylation sites is 1. The van der Waals surface area contributed by atoms with Crippen LogP contribution in [0.4, 0.5) is 5.69 Å². The Bertz CT molecular complexity index is 555. The Kier molecular flexibility index (Phi) is 4.12. The highest BCUT2D eigenvalue weighted by molar-refractivity contribution is 5.78. The number of fused-ring (bicyclic) bond motifs is 1. The van der Waals surface area contributed by atoms with Crippen LogP contribution in [0.1, 0.15) is 17.9 Å². The number of nitrogens with one attached hydrogen (secondary N) is 1. The number of anilines is 1. The Hall–Kier alpha value is -1.99. The molecule has 4 heteroatoms. The molecule has 1 unspecified atom stereocenters. The van der Waals surface area contributed by atoms with Gasteiger partial charge in [0.15, 0.2) is 0 Å². The molecule has 2 aliphatic rings. The fourth-order valence-electron chi connectivity index (χ4n) is 3.16. The van der Waals surface area contributed by atoms with Crippen molar-refractivity contribution in [2.45, 2.75) is 12.3 Å². The fourth-order valence-corrected chi connectivity index (χ4v) is 3.16. The van der Waals surface area contributed by atoms with Crippen LogP contribution in [0, 0.1) is 12.3 Å². The van der Waals surface area contributed by atoms with E-state index >= 15 is 0 Å². The number of rotatable bonds is 3. The second-order valence-corrected chi connectivity index (χ2v) is 5.73. The minimum atomic E-state index is 0.263. The molecule has 1 saturated heterocycles. The highest BCUT2D eigenvalue weighted by Gasteiger charge is 2.27. The first-order chi connectivity index (χ1) is 10.3. The largest absolute Gasteiger partial charge is 0.384 e. The number of hydrogen-bond donors (Lipinski definition) is 1. The first kappa shape index (κ1) is 14.0. The molecule has 0 saturated carbocycles. The smallest absolute Gasteiger partial charge is 0.223 e. The van der Waals surface area contributed by atoms with E-state index in [9.17, 15) is 4.79 Å². The number of carbonyl (C=O) groups is 1. The second-order valence-electron chi connectivity index (χ2n) is 5.73. The quantitative estimate of drug-likeness (QED) is 0.851. The van der Waals surface area contributed by atoms with Gasteiger partial charge in [0.2, 0.25) is 5.91 Å². The van der Waals surface area contributed by atoms with Crippen molar-refractivity contribution in [3.63, 3.8) is 0 Å². The monoisotopic (exact) mass is 283 g/mol. The first-order valence-corrected chi connectivity index (χ1v) is 7.54. The summed E-state index contributed by atoms with van der Waals surface area (Å²) >= 11 is 0. The molecule has 0 bridgehead atoms. The van der Waals surface area contributed by atoms with Gasteiger partial charge >= 0.3 is 0 Å². The van der Waals surface area contributed by atoms with Crippen molar-refractivity contribution in [2.75, 3.05) is 44.6 Å². The van der Waals surface area contributed by atoms with Crippen molar-refractivity contribution in [2.24, 2.45) is 0 Å². The van der Waals surface area contributed by atoms with Crippen molar-refractivity contribution in [3.8, 4) is 12.3 Å². The number of carbonyl (C=O) groups excluding carboxylic acids is 1. The van der Waals surface area contributed by atoms with E-state index in [-0.39, 0.29) is 5.91 Å². The molecular formula is C17H21N3O. The first-order valence-electron chi connectivity index (χ1n) is 7.54. The molecule has 110 valence electrons. The highest BCUT2D eigenvalue weighted by Crippen LogP contribution is 2.33. The molecule has 1 atom stereocenters. The van der Waals surface area contributed by atoms with Gasteiger partial charge in [-0.1, -0.05) is 24.1 Å². The van der Waals surface area contributed by atoms with Crippen molar-refractivity contribution < 1.29 is 4.79 Å². The van der Waals surface area contributed by atoms with E-state index in [2.05, 4.69) is 28.3 Å². The maximum Gasteiger partial charge on any atom is 0.223 e. The van der Waals surface area contributed by atoms with Gasteiger partial charge in [-0.2, -0.15) is 0 Å². The van der Waals surface area contributed by atoms with Crippen molar-refractivity contribution in [1.82, 2.24) is 9.80 Å². The molecule has 1 N–H and O–H groups in total. The average Bonchev–Trinajstić information content (AvgIpc) is 2.92. The van der Waals surface area contributed by atoms with Crippen molar-refractivity contribution in [1.29, 1.82) is 0 Å². The molecule has 0 aromatic heterocycles. The van der Waals surface area contributed by atoms with Crippen LogP contribution >= 0.6 is 0 Å². The molecule has 1 aromatic carbocycles. The molecule has 4 nitrogen and oxygen atoms in total. The molecule has 21 heavy (non-hydrogen) atoms. The summed E-state index contributed by atoms with van der Waals surface area (Å²) in [5, 5.41) is 3.38. The highest BCUT2D eigenvalue weighted by atomic mass is 16.2. The lowest BCUT2D eigenvalue weighted by atomic mass is 9.97. The summed E-state index contributed by atoms with van der Waals surface area (Å²) in [5.74, 6) is 3.23. The maximum absolute atomic E-state index is 12.5. The standard InChI is InChI=1S/C17H21N3O/c1-2-7-19-8-10-20(11-9-19)17(21)12-14-13-18-16-6-4-3-5-15(14)16/h1,3-6,14,18H,7-13H2. The van der Waals surface area contributed by atoms with Crippen LogP contribution in [0.5, 0.6) is 0 Å². The minimum absolute atomic E-state index is 0.263. The zero-order chi connectivity index (χ0) is 14.7. The molecule has 1 amide bonds. The van der Waals surface area contributed by atoms with Crippen LogP contribution in [-0.4, -0.2) is 55.0 Å². The summed E-state index contributed by atoms with van der Waals surface area (Å²) in [7, 11) is 0. The molecular weight excluding hydrogens is 262 g/mol. The van der Waals surface area contributed by atoms with E-state index in [0.29, 0.717) is 18.9 Å².